The lowest BCUT2D eigenvalue weighted by molar-refractivity contribution is 0.304. The van der Waals surface area contributed by atoms with Crippen molar-refractivity contribution in [3.63, 3.8) is 0 Å². The molecule has 2 N–H and O–H groups in total. The maximum absolute atomic E-state index is 4.76. The predicted octanol–water partition coefficient (Wildman–Crippen LogP) is 4.11. The van der Waals surface area contributed by atoms with E-state index >= 15 is 0 Å². The number of aromatic nitrogens is 2. The number of unbranched alkanes of at least 4 members (excludes halogenated alkanes) is 1. The van der Waals surface area contributed by atoms with E-state index in [-0.39, 0.29) is 24.0 Å². The Morgan fingerprint density at radius 1 is 1.24 bits per heavy atom. The van der Waals surface area contributed by atoms with Gasteiger partial charge in [-0.2, -0.15) is 0 Å². The minimum absolute atomic E-state index is 0. The Morgan fingerprint density at radius 3 is 2.60 bits per heavy atom. The van der Waals surface area contributed by atoms with Crippen molar-refractivity contribution in [2.45, 2.75) is 78.3 Å². The summed E-state index contributed by atoms with van der Waals surface area (Å²) in [5.41, 5.74) is 0. The van der Waals surface area contributed by atoms with E-state index in [4.69, 9.17) is 4.99 Å². The Hall–Kier alpha value is -0.790. The molecule has 0 radical (unpaired) electrons. The minimum atomic E-state index is 0. The zero-order chi connectivity index (χ0) is 17.2. The Bertz CT molecular complexity index is 492. The number of aryl methyl sites for hydroxylation is 2. The lowest BCUT2D eigenvalue weighted by Gasteiger charge is -2.29. The average molecular weight is 461 g/mol. The third-order valence-electron chi connectivity index (χ3n) is 5.11. The highest BCUT2D eigenvalue weighted by Gasteiger charge is 2.20. The Labute approximate surface area is 170 Å². The molecule has 5 nitrogen and oxygen atoms in total. The number of hydrogen-bond donors (Lipinski definition) is 2. The first-order chi connectivity index (χ1) is 11.7. The van der Waals surface area contributed by atoms with E-state index < -0.39 is 0 Å². The SMILES string of the molecule is CCNC(=NCCCCn1ccnc1C)NC1CCC(CC)CC1.I. The van der Waals surface area contributed by atoms with Crippen molar-refractivity contribution >= 4 is 29.9 Å². The van der Waals surface area contributed by atoms with Crippen LogP contribution < -0.4 is 10.6 Å². The minimum Gasteiger partial charge on any atom is -0.357 e. The first kappa shape index (κ1) is 22.3. The van der Waals surface area contributed by atoms with Gasteiger partial charge >= 0.3 is 0 Å². The van der Waals surface area contributed by atoms with E-state index in [9.17, 15) is 0 Å². The van der Waals surface area contributed by atoms with Crippen LogP contribution in [0.2, 0.25) is 0 Å². The van der Waals surface area contributed by atoms with Gasteiger partial charge in [-0.05, 0) is 58.3 Å². The van der Waals surface area contributed by atoms with Crippen LogP contribution in [0.1, 0.15) is 64.6 Å². The molecule has 0 unspecified atom stereocenters. The first-order valence-corrected chi connectivity index (χ1v) is 9.75. The summed E-state index contributed by atoms with van der Waals surface area (Å²) < 4.78 is 2.21. The molecule has 1 aromatic rings. The van der Waals surface area contributed by atoms with Crippen molar-refractivity contribution < 1.29 is 0 Å². The molecular weight excluding hydrogens is 425 g/mol. The van der Waals surface area contributed by atoms with Crippen LogP contribution in [0, 0.1) is 12.8 Å². The van der Waals surface area contributed by atoms with Gasteiger partial charge in [0.15, 0.2) is 5.96 Å². The summed E-state index contributed by atoms with van der Waals surface area (Å²) in [6.45, 7) is 9.34. The molecule has 0 aromatic carbocycles. The Kier molecular flexibility index (Phi) is 11.2. The summed E-state index contributed by atoms with van der Waals surface area (Å²) in [5, 5.41) is 7.03. The van der Waals surface area contributed by atoms with Crippen molar-refractivity contribution in [2.75, 3.05) is 13.1 Å². The van der Waals surface area contributed by atoms with Crippen molar-refractivity contribution in [2.24, 2.45) is 10.9 Å². The second kappa shape index (κ2) is 12.5. The second-order valence-corrected chi connectivity index (χ2v) is 6.91. The zero-order valence-corrected chi connectivity index (χ0v) is 18.5. The lowest BCUT2D eigenvalue weighted by atomic mass is 9.84. The third-order valence-corrected chi connectivity index (χ3v) is 5.11. The molecule has 0 spiro atoms. The van der Waals surface area contributed by atoms with Crippen molar-refractivity contribution in [1.29, 1.82) is 0 Å². The van der Waals surface area contributed by atoms with Crippen LogP contribution in [0.3, 0.4) is 0 Å². The van der Waals surface area contributed by atoms with Gasteiger partial charge in [-0.1, -0.05) is 13.3 Å². The standard InChI is InChI=1S/C19H35N5.HI/c1-4-17-8-10-18(11-9-17)23-19(20-5-2)22-12-6-7-14-24-15-13-21-16(24)3;/h13,15,17-18H,4-12,14H2,1-3H3,(H2,20,22,23);1H. The van der Waals surface area contributed by atoms with Gasteiger partial charge in [0, 0.05) is 38.1 Å². The summed E-state index contributed by atoms with van der Waals surface area (Å²) in [7, 11) is 0. The maximum Gasteiger partial charge on any atom is 0.191 e. The summed E-state index contributed by atoms with van der Waals surface area (Å²) in [6.07, 6.45) is 12.8. The molecule has 1 aliphatic rings. The van der Waals surface area contributed by atoms with E-state index in [0.717, 1.165) is 50.2 Å². The van der Waals surface area contributed by atoms with Crippen LogP contribution in [0.25, 0.3) is 0 Å². The molecule has 0 aliphatic heterocycles. The van der Waals surface area contributed by atoms with Gasteiger partial charge in [-0.25, -0.2) is 4.98 Å². The highest BCUT2D eigenvalue weighted by molar-refractivity contribution is 14.0. The molecule has 144 valence electrons. The number of aliphatic imine (C=N–C) groups is 1. The Morgan fingerprint density at radius 2 is 2.00 bits per heavy atom. The second-order valence-electron chi connectivity index (χ2n) is 6.91. The van der Waals surface area contributed by atoms with Crippen LogP contribution in [-0.4, -0.2) is 34.6 Å². The number of rotatable bonds is 8. The summed E-state index contributed by atoms with van der Waals surface area (Å²) >= 11 is 0. The van der Waals surface area contributed by atoms with Crippen LogP contribution >= 0.6 is 24.0 Å². The molecule has 1 saturated carbocycles. The fourth-order valence-electron chi connectivity index (χ4n) is 3.45. The number of guanidine groups is 1. The van der Waals surface area contributed by atoms with Crippen molar-refractivity contribution in [1.82, 2.24) is 20.2 Å². The molecule has 1 heterocycles. The summed E-state index contributed by atoms with van der Waals surface area (Å²) in [6, 6.07) is 0.596. The smallest absolute Gasteiger partial charge is 0.191 e. The van der Waals surface area contributed by atoms with Gasteiger partial charge in [0.1, 0.15) is 5.82 Å². The number of halogens is 1. The first-order valence-electron chi connectivity index (χ1n) is 9.75. The van der Waals surface area contributed by atoms with Crippen LogP contribution in [0.4, 0.5) is 0 Å². The van der Waals surface area contributed by atoms with Gasteiger partial charge in [-0.15, -0.1) is 24.0 Å². The van der Waals surface area contributed by atoms with E-state index in [1.165, 1.54) is 32.1 Å². The molecular formula is C19H36IN5. The zero-order valence-electron chi connectivity index (χ0n) is 16.1. The summed E-state index contributed by atoms with van der Waals surface area (Å²) in [5.74, 6) is 3.03. The molecule has 0 bridgehead atoms. The predicted molar refractivity (Wildman–Crippen MR) is 117 cm³/mol. The van der Waals surface area contributed by atoms with E-state index in [2.05, 4.69) is 47.2 Å². The van der Waals surface area contributed by atoms with Gasteiger partial charge in [0.25, 0.3) is 0 Å². The van der Waals surface area contributed by atoms with Crippen LogP contribution in [-0.2, 0) is 6.54 Å². The lowest BCUT2D eigenvalue weighted by Crippen LogP contribution is -2.44. The number of nitrogens with one attached hydrogen (secondary N) is 2. The van der Waals surface area contributed by atoms with E-state index in [0.29, 0.717) is 6.04 Å². The molecule has 0 amide bonds. The van der Waals surface area contributed by atoms with Crippen molar-refractivity contribution in [3.8, 4) is 0 Å². The van der Waals surface area contributed by atoms with Gasteiger partial charge in [-0.3, -0.25) is 4.99 Å². The highest BCUT2D eigenvalue weighted by atomic mass is 127. The molecule has 0 saturated heterocycles. The number of hydrogen-bond acceptors (Lipinski definition) is 2. The monoisotopic (exact) mass is 461 g/mol. The normalized spacial score (nSPS) is 20.8. The van der Waals surface area contributed by atoms with Gasteiger partial charge in [0.2, 0.25) is 0 Å². The Balaban J connectivity index is 0.00000312. The van der Waals surface area contributed by atoms with Crippen LogP contribution in [0.5, 0.6) is 0 Å². The molecule has 1 aliphatic carbocycles. The quantitative estimate of drug-likeness (QED) is 0.265. The van der Waals surface area contributed by atoms with Gasteiger partial charge < -0.3 is 15.2 Å². The van der Waals surface area contributed by atoms with Crippen molar-refractivity contribution in [3.05, 3.63) is 18.2 Å². The number of imidazole rings is 1. The molecule has 1 fully saturated rings. The fourth-order valence-corrected chi connectivity index (χ4v) is 3.45. The van der Waals surface area contributed by atoms with Crippen LogP contribution in [0.15, 0.2) is 17.4 Å². The largest absolute Gasteiger partial charge is 0.357 e. The molecule has 2 rings (SSSR count). The molecule has 6 heteroatoms. The molecule has 1 aromatic heterocycles. The maximum atomic E-state index is 4.76. The molecule has 25 heavy (non-hydrogen) atoms. The molecule has 0 atom stereocenters. The topological polar surface area (TPSA) is 54.2 Å². The van der Waals surface area contributed by atoms with Gasteiger partial charge in [0.05, 0.1) is 0 Å². The third kappa shape index (κ3) is 7.96. The fraction of sp³-hybridized carbons (Fsp3) is 0.789. The highest BCUT2D eigenvalue weighted by Crippen LogP contribution is 2.26. The average Bonchev–Trinajstić information content (AvgIpc) is 3.00. The van der Waals surface area contributed by atoms with E-state index in [1.54, 1.807) is 0 Å². The summed E-state index contributed by atoms with van der Waals surface area (Å²) in [4.78, 5) is 9.02. The van der Waals surface area contributed by atoms with E-state index in [1.807, 2.05) is 6.20 Å². The number of nitrogens with zero attached hydrogens (tertiary/aromatic N) is 3.